The molecule has 0 aliphatic carbocycles. The lowest BCUT2D eigenvalue weighted by molar-refractivity contribution is -0.146. The molecule has 3 nitrogen and oxygen atoms in total. The van der Waals surface area contributed by atoms with Crippen molar-refractivity contribution in [2.24, 2.45) is 0 Å². The van der Waals surface area contributed by atoms with Crippen LogP contribution in [0.15, 0.2) is 24.3 Å². The van der Waals surface area contributed by atoms with Crippen molar-refractivity contribution in [3.63, 3.8) is 0 Å². The minimum absolute atomic E-state index is 0.0663. The van der Waals surface area contributed by atoms with Crippen molar-refractivity contribution in [2.45, 2.75) is 32.2 Å². The van der Waals surface area contributed by atoms with E-state index in [4.69, 9.17) is 4.74 Å². The van der Waals surface area contributed by atoms with Gasteiger partial charge in [-0.3, -0.25) is 4.79 Å². The summed E-state index contributed by atoms with van der Waals surface area (Å²) in [5.41, 5.74) is 0.326. The van der Waals surface area contributed by atoms with Gasteiger partial charge in [-0.1, -0.05) is 18.2 Å². The number of halogens is 1. The normalized spacial score (nSPS) is 18.4. The number of carbonyl (C=O) groups is 1. The highest BCUT2D eigenvalue weighted by Gasteiger charge is 2.33. The molecule has 1 aliphatic rings. The smallest absolute Gasteiger partial charge is 0.223 e. The largest absolute Gasteiger partial charge is 0.377 e. The highest BCUT2D eigenvalue weighted by Crippen LogP contribution is 2.20. The zero-order valence-electron chi connectivity index (χ0n) is 11.5. The number of hydrogen-bond donors (Lipinski definition) is 0. The predicted molar refractivity (Wildman–Crippen MR) is 71.3 cm³/mol. The molecule has 1 amide bonds. The van der Waals surface area contributed by atoms with Crippen LogP contribution in [0.25, 0.3) is 0 Å². The highest BCUT2D eigenvalue weighted by atomic mass is 19.1. The van der Waals surface area contributed by atoms with Crippen LogP contribution in [-0.4, -0.2) is 36.1 Å². The first-order chi connectivity index (χ1) is 9.00. The summed E-state index contributed by atoms with van der Waals surface area (Å²) >= 11 is 0. The van der Waals surface area contributed by atoms with Crippen molar-refractivity contribution in [1.29, 1.82) is 0 Å². The van der Waals surface area contributed by atoms with Gasteiger partial charge in [0.05, 0.1) is 18.8 Å². The number of ether oxygens (including phenoxy) is 1. The van der Waals surface area contributed by atoms with Gasteiger partial charge in [-0.05, 0) is 31.9 Å². The van der Waals surface area contributed by atoms with Gasteiger partial charge in [0.15, 0.2) is 0 Å². The highest BCUT2D eigenvalue weighted by molar-refractivity contribution is 5.77. The lowest BCUT2D eigenvalue weighted by Gasteiger charge is -2.42. The molecule has 0 spiro atoms. The molecule has 1 aromatic carbocycles. The average Bonchev–Trinajstić information content (AvgIpc) is 2.37. The lowest BCUT2D eigenvalue weighted by atomic mass is 10.0. The van der Waals surface area contributed by atoms with Crippen molar-refractivity contribution in [1.82, 2.24) is 4.90 Å². The molecular weight excluding hydrogens is 245 g/mol. The Kier molecular flexibility index (Phi) is 4.20. The third kappa shape index (κ3) is 3.32. The fourth-order valence-electron chi connectivity index (χ4n) is 2.40. The van der Waals surface area contributed by atoms with Crippen LogP contribution in [0.3, 0.4) is 0 Å². The molecule has 0 atom stereocenters. The summed E-state index contributed by atoms with van der Waals surface area (Å²) in [7, 11) is 0. The molecule has 1 aliphatic heterocycles. The van der Waals surface area contributed by atoms with Gasteiger partial charge in [0.25, 0.3) is 0 Å². The molecule has 0 radical (unpaired) electrons. The Morgan fingerprint density at radius 3 is 2.84 bits per heavy atom. The van der Waals surface area contributed by atoms with Crippen molar-refractivity contribution in [3.05, 3.63) is 35.6 Å². The molecule has 4 heteroatoms. The summed E-state index contributed by atoms with van der Waals surface area (Å²) in [5, 5.41) is 0. The molecule has 104 valence electrons. The number of hydrogen-bond acceptors (Lipinski definition) is 2. The summed E-state index contributed by atoms with van der Waals surface area (Å²) < 4.78 is 18.9. The zero-order chi connectivity index (χ0) is 13.9. The molecule has 1 heterocycles. The van der Waals surface area contributed by atoms with Gasteiger partial charge < -0.3 is 9.64 Å². The number of morpholine rings is 1. The number of rotatable bonds is 3. The third-order valence-electron chi connectivity index (χ3n) is 3.51. The maximum absolute atomic E-state index is 13.5. The van der Waals surface area contributed by atoms with Crippen LogP contribution in [0.5, 0.6) is 0 Å². The Morgan fingerprint density at radius 1 is 1.42 bits per heavy atom. The topological polar surface area (TPSA) is 29.5 Å². The Bertz CT molecular complexity index is 459. The van der Waals surface area contributed by atoms with Crippen LogP contribution >= 0.6 is 0 Å². The minimum atomic E-state index is -0.273. The van der Waals surface area contributed by atoms with Crippen LogP contribution in [0.1, 0.15) is 25.8 Å². The fraction of sp³-hybridized carbons (Fsp3) is 0.533. The van der Waals surface area contributed by atoms with Gasteiger partial charge in [-0.25, -0.2) is 4.39 Å². The molecule has 0 saturated carbocycles. The number of amides is 1. The quantitative estimate of drug-likeness (QED) is 0.840. The standard InChI is InChI=1S/C15H20FNO2/c1-15(2)11-19-10-9-17(15)14(18)8-7-12-5-3-4-6-13(12)16/h3-6H,7-11H2,1-2H3. The van der Waals surface area contributed by atoms with E-state index in [1.807, 2.05) is 18.7 Å². The molecular formula is C15H20FNO2. The van der Waals surface area contributed by atoms with Crippen LogP contribution < -0.4 is 0 Å². The fourth-order valence-corrected chi connectivity index (χ4v) is 2.40. The number of carbonyl (C=O) groups excluding carboxylic acids is 1. The molecule has 0 unspecified atom stereocenters. The van der Waals surface area contributed by atoms with Crippen LogP contribution in [0.4, 0.5) is 4.39 Å². The third-order valence-corrected chi connectivity index (χ3v) is 3.51. The first-order valence-corrected chi connectivity index (χ1v) is 6.62. The van der Waals surface area contributed by atoms with E-state index in [-0.39, 0.29) is 17.3 Å². The Balaban J connectivity index is 1.96. The first-order valence-electron chi connectivity index (χ1n) is 6.62. The van der Waals surface area contributed by atoms with E-state index < -0.39 is 0 Å². The molecule has 1 saturated heterocycles. The van der Waals surface area contributed by atoms with Gasteiger partial charge in [-0.15, -0.1) is 0 Å². The van der Waals surface area contributed by atoms with E-state index in [0.29, 0.717) is 38.2 Å². The average molecular weight is 265 g/mol. The summed E-state index contributed by atoms with van der Waals surface area (Å²) in [6.07, 6.45) is 0.781. The van der Waals surface area contributed by atoms with E-state index in [9.17, 15) is 9.18 Å². The minimum Gasteiger partial charge on any atom is -0.377 e. The molecule has 0 N–H and O–H groups in total. The van der Waals surface area contributed by atoms with Gasteiger partial charge >= 0.3 is 0 Å². The molecule has 1 fully saturated rings. The van der Waals surface area contributed by atoms with Crippen molar-refractivity contribution in [2.75, 3.05) is 19.8 Å². The van der Waals surface area contributed by atoms with Crippen molar-refractivity contribution >= 4 is 5.91 Å². The molecule has 2 rings (SSSR count). The number of nitrogens with zero attached hydrogens (tertiary/aromatic N) is 1. The maximum atomic E-state index is 13.5. The summed E-state index contributed by atoms with van der Waals surface area (Å²) in [6, 6.07) is 6.61. The SMILES string of the molecule is CC1(C)COCCN1C(=O)CCc1ccccc1F. The molecule has 19 heavy (non-hydrogen) atoms. The van der Waals surface area contributed by atoms with Gasteiger partial charge in [0.1, 0.15) is 5.82 Å². The van der Waals surface area contributed by atoms with Gasteiger partial charge in [0.2, 0.25) is 5.91 Å². The van der Waals surface area contributed by atoms with Crippen LogP contribution in [0, 0.1) is 5.82 Å². The second-order valence-corrected chi connectivity index (χ2v) is 5.50. The predicted octanol–water partition coefficient (Wildman–Crippen LogP) is 2.40. The van der Waals surface area contributed by atoms with E-state index >= 15 is 0 Å². The number of benzene rings is 1. The first kappa shape index (κ1) is 14.0. The zero-order valence-corrected chi connectivity index (χ0v) is 11.5. The van der Waals surface area contributed by atoms with Crippen LogP contribution in [-0.2, 0) is 16.0 Å². The van der Waals surface area contributed by atoms with Gasteiger partial charge in [-0.2, -0.15) is 0 Å². The molecule has 0 aromatic heterocycles. The Hall–Kier alpha value is -1.42. The summed E-state index contributed by atoms with van der Waals surface area (Å²) in [4.78, 5) is 14.1. The number of aryl methyl sites for hydroxylation is 1. The maximum Gasteiger partial charge on any atom is 0.223 e. The van der Waals surface area contributed by atoms with E-state index in [2.05, 4.69) is 0 Å². The van der Waals surface area contributed by atoms with E-state index in [1.54, 1.807) is 18.2 Å². The molecule has 1 aromatic rings. The summed E-state index contributed by atoms with van der Waals surface area (Å²) in [6.45, 7) is 5.73. The second-order valence-electron chi connectivity index (χ2n) is 5.50. The van der Waals surface area contributed by atoms with E-state index in [0.717, 1.165) is 0 Å². The lowest BCUT2D eigenvalue weighted by Crippen LogP contribution is -2.55. The van der Waals surface area contributed by atoms with Crippen molar-refractivity contribution in [3.8, 4) is 0 Å². The van der Waals surface area contributed by atoms with E-state index in [1.165, 1.54) is 6.07 Å². The van der Waals surface area contributed by atoms with Crippen LogP contribution in [0.2, 0.25) is 0 Å². The molecule has 0 bridgehead atoms. The monoisotopic (exact) mass is 265 g/mol. The Labute approximate surface area is 113 Å². The van der Waals surface area contributed by atoms with Gasteiger partial charge in [0, 0.05) is 13.0 Å². The van der Waals surface area contributed by atoms with Crippen molar-refractivity contribution < 1.29 is 13.9 Å². The Morgan fingerprint density at radius 2 is 2.16 bits per heavy atom. The summed E-state index contributed by atoms with van der Waals surface area (Å²) in [5.74, 6) is -0.173. The second kappa shape index (κ2) is 5.70.